The predicted octanol–water partition coefficient (Wildman–Crippen LogP) is 3.83. The summed E-state index contributed by atoms with van der Waals surface area (Å²) in [6, 6.07) is 11.2. The van der Waals surface area contributed by atoms with Crippen LogP contribution in [0.25, 0.3) is 0 Å². The number of pyridine rings is 1. The molecule has 0 unspecified atom stereocenters. The van der Waals surface area contributed by atoms with Crippen molar-refractivity contribution in [2.45, 2.75) is 34.1 Å². The largest absolute Gasteiger partial charge is 0.497 e. The van der Waals surface area contributed by atoms with E-state index in [0.717, 1.165) is 17.7 Å². The van der Waals surface area contributed by atoms with Crippen molar-refractivity contribution < 1.29 is 14.3 Å². The molecule has 0 radical (unpaired) electrons. The van der Waals surface area contributed by atoms with E-state index in [2.05, 4.69) is 25.8 Å². The van der Waals surface area contributed by atoms with Crippen LogP contribution in [0.5, 0.6) is 5.75 Å². The van der Waals surface area contributed by atoms with E-state index in [0.29, 0.717) is 30.0 Å². The van der Waals surface area contributed by atoms with Crippen LogP contribution in [0.4, 0.5) is 0 Å². The second kappa shape index (κ2) is 9.74. The van der Waals surface area contributed by atoms with Crippen LogP contribution in [0, 0.1) is 12.3 Å². The number of ether oxygens (including phenoxy) is 1. The number of amides is 2. The SMILES string of the molecule is COc1ccc(CCN(CC(C)(C)C)C(=O)c2ccc(C(=O)N(C)C)nc2C)cc1. The number of carbonyl (C=O) groups is 2. The predicted molar refractivity (Wildman–Crippen MR) is 119 cm³/mol. The van der Waals surface area contributed by atoms with Crippen molar-refractivity contribution >= 4 is 11.8 Å². The molecule has 0 fully saturated rings. The Hall–Kier alpha value is -2.89. The molecule has 2 rings (SSSR count). The molecule has 0 saturated heterocycles. The van der Waals surface area contributed by atoms with Gasteiger partial charge in [-0.2, -0.15) is 0 Å². The number of benzene rings is 1. The van der Waals surface area contributed by atoms with Crippen molar-refractivity contribution in [2.75, 3.05) is 34.3 Å². The van der Waals surface area contributed by atoms with Crippen molar-refractivity contribution in [3.63, 3.8) is 0 Å². The summed E-state index contributed by atoms with van der Waals surface area (Å²) >= 11 is 0. The molecule has 0 atom stereocenters. The lowest BCUT2D eigenvalue weighted by Gasteiger charge is -2.30. The average Bonchev–Trinajstić information content (AvgIpc) is 2.69. The second-order valence-corrected chi connectivity index (χ2v) is 8.91. The van der Waals surface area contributed by atoms with E-state index < -0.39 is 0 Å². The summed E-state index contributed by atoms with van der Waals surface area (Å²) in [5.41, 5.74) is 2.54. The van der Waals surface area contributed by atoms with Gasteiger partial charge in [0.25, 0.3) is 11.8 Å². The molecular weight excluding hydrogens is 378 g/mol. The fourth-order valence-corrected chi connectivity index (χ4v) is 3.19. The Labute approximate surface area is 179 Å². The van der Waals surface area contributed by atoms with Crippen LogP contribution in [0.3, 0.4) is 0 Å². The summed E-state index contributed by atoms with van der Waals surface area (Å²) in [6.07, 6.45) is 0.746. The lowest BCUT2D eigenvalue weighted by atomic mass is 9.95. The van der Waals surface area contributed by atoms with Gasteiger partial charge in [0.15, 0.2) is 0 Å². The van der Waals surface area contributed by atoms with Gasteiger partial charge in [0.1, 0.15) is 11.4 Å². The highest BCUT2D eigenvalue weighted by Gasteiger charge is 2.24. The Bertz CT molecular complexity index is 884. The average molecular weight is 412 g/mol. The normalized spacial score (nSPS) is 11.2. The van der Waals surface area contributed by atoms with E-state index in [1.807, 2.05) is 29.2 Å². The van der Waals surface area contributed by atoms with Crippen molar-refractivity contribution in [1.82, 2.24) is 14.8 Å². The Morgan fingerprint density at radius 1 is 1.00 bits per heavy atom. The molecule has 2 amide bonds. The molecule has 162 valence electrons. The maximum Gasteiger partial charge on any atom is 0.271 e. The maximum absolute atomic E-state index is 13.4. The molecule has 1 aromatic heterocycles. The van der Waals surface area contributed by atoms with Gasteiger partial charge < -0.3 is 14.5 Å². The first-order chi connectivity index (χ1) is 14.0. The van der Waals surface area contributed by atoms with Gasteiger partial charge in [-0.3, -0.25) is 9.59 Å². The van der Waals surface area contributed by atoms with Gasteiger partial charge in [-0.05, 0) is 48.6 Å². The number of methoxy groups -OCH3 is 1. The van der Waals surface area contributed by atoms with Gasteiger partial charge in [-0.25, -0.2) is 4.98 Å². The van der Waals surface area contributed by atoms with Crippen LogP contribution in [0.15, 0.2) is 36.4 Å². The highest BCUT2D eigenvalue weighted by molar-refractivity contribution is 5.97. The Morgan fingerprint density at radius 2 is 1.63 bits per heavy atom. The summed E-state index contributed by atoms with van der Waals surface area (Å²) in [7, 11) is 5.01. The lowest BCUT2D eigenvalue weighted by molar-refractivity contribution is 0.0695. The molecule has 0 bridgehead atoms. The molecule has 6 heteroatoms. The van der Waals surface area contributed by atoms with E-state index in [4.69, 9.17) is 4.74 Å². The van der Waals surface area contributed by atoms with Crippen molar-refractivity contribution in [3.8, 4) is 5.75 Å². The fraction of sp³-hybridized carbons (Fsp3) is 0.458. The molecule has 0 aliphatic carbocycles. The van der Waals surface area contributed by atoms with E-state index in [1.54, 1.807) is 40.3 Å². The topological polar surface area (TPSA) is 62.7 Å². The smallest absolute Gasteiger partial charge is 0.271 e. The first-order valence-corrected chi connectivity index (χ1v) is 10.1. The fourth-order valence-electron chi connectivity index (χ4n) is 3.19. The van der Waals surface area contributed by atoms with E-state index in [1.165, 1.54) is 4.90 Å². The van der Waals surface area contributed by atoms with E-state index in [-0.39, 0.29) is 17.2 Å². The molecule has 0 aliphatic heterocycles. The minimum atomic E-state index is -0.178. The third-order valence-corrected chi connectivity index (χ3v) is 4.72. The zero-order valence-corrected chi connectivity index (χ0v) is 19.2. The van der Waals surface area contributed by atoms with Crippen LogP contribution >= 0.6 is 0 Å². The molecule has 0 N–H and O–H groups in total. The summed E-state index contributed by atoms with van der Waals surface area (Å²) in [4.78, 5) is 33.2. The number of nitrogens with zero attached hydrogens (tertiary/aromatic N) is 3. The molecule has 0 spiro atoms. The van der Waals surface area contributed by atoms with Crippen molar-refractivity contribution in [3.05, 3.63) is 58.9 Å². The molecule has 2 aromatic rings. The van der Waals surface area contributed by atoms with Crippen molar-refractivity contribution in [2.24, 2.45) is 5.41 Å². The number of carbonyl (C=O) groups excluding carboxylic acids is 2. The summed E-state index contributed by atoms with van der Waals surface area (Å²) < 4.78 is 5.21. The molecule has 0 aliphatic rings. The maximum atomic E-state index is 13.4. The van der Waals surface area contributed by atoms with E-state index in [9.17, 15) is 9.59 Å². The molecule has 30 heavy (non-hydrogen) atoms. The van der Waals surface area contributed by atoms with Gasteiger partial charge in [-0.15, -0.1) is 0 Å². The van der Waals surface area contributed by atoms with Gasteiger partial charge in [0.05, 0.1) is 18.4 Å². The number of hydrogen-bond donors (Lipinski definition) is 0. The van der Waals surface area contributed by atoms with Gasteiger partial charge in [-0.1, -0.05) is 32.9 Å². The third-order valence-electron chi connectivity index (χ3n) is 4.72. The second-order valence-electron chi connectivity index (χ2n) is 8.91. The summed E-state index contributed by atoms with van der Waals surface area (Å²) in [6.45, 7) is 9.35. The molecule has 1 heterocycles. The van der Waals surface area contributed by atoms with Crippen LogP contribution in [-0.4, -0.2) is 60.9 Å². The summed E-state index contributed by atoms with van der Waals surface area (Å²) in [5, 5.41) is 0. The number of aryl methyl sites for hydroxylation is 1. The minimum Gasteiger partial charge on any atom is -0.497 e. The highest BCUT2D eigenvalue weighted by Crippen LogP contribution is 2.20. The number of hydrogen-bond acceptors (Lipinski definition) is 4. The Kier molecular flexibility index (Phi) is 7.59. The van der Waals surface area contributed by atoms with Gasteiger partial charge >= 0.3 is 0 Å². The quantitative estimate of drug-likeness (QED) is 0.695. The van der Waals surface area contributed by atoms with Crippen LogP contribution in [0.1, 0.15) is 52.9 Å². The van der Waals surface area contributed by atoms with Crippen LogP contribution < -0.4 is 4.74 Å². The zero-order chi connectivity index (χ0) is 22.5. The number of rotatable bonds is 7. The monoisotopic (exact) mass is 411 g/mol. The number of aromatic nitrogens is 1. The van der Waals surface area contributed by atoms with Crippen LogP contribution in [0.2, 0.25) is 0 Å². The summed E-state index contributed by atoms with van der Waals surface area (Å²) in [5.74, 6) is 0.575. The molecule has 1 aromatic carbocycles. The molecule has 0 saturated carbocycles. The van der Waals surface area contributed by atoms with Gasteiger partial charge in [0, 0.05) is 27.2 Å². The van der Waals surface area contributed by atoms with Crippen LogP contribution in [-0.2, 0) is 6.42 Å². The minimum absolute atomic E-state index is 0.0439. The Morgan fingerprint density at radius 3 is 2.13 bits per heavy atom. The Balaban J connectivity index is 2.23. The van der Waals surface area contributed by atoms with Gasteiger partial charge in [0.2, 0.25) is 0 Å². The third kappa shape index (κ3) is 6.31. The molecular formula is C24H33N3O3. The first-order valence-electron chi connectivity index (χ1n) is 10.1. The first kappa shape index (κ1) is 23.4. The zero-order valence-electron chi connectivity index (χ0n) is 19.2. The standard InChI is InChI=1S/C24H33N3O3/c1-17-20(12-13-21(25-17)23(29)26(5)6)22(28)27(16-24(2,3)4)15-14-18-8-10-19(30-7)11-9-18/h8-13H,14-16H2,1-7H3. The lowest BCUT2D eigenvalue weighted by Crippen LogP contribution is -2.39. The highest BCUT2D eigenvalue weighted by atomic mass is 16.5. The van der Waals surface area contributed by atoms with E-state index >= 15 is 0 Å². The van der Waals surface area contributed by atoms with Crippen molar-refractivity contribution in [1.29, 1.82) is 0 Å². The molecule has 6 nitrogen and oxygen atoms in total.